The highest BCUT2D eigenvalue weighted by molar-refractivity contribution is 9.10. The van der Waals surface area contributed by atoms with Gasteiger partial charge in [0.15, 0.2) is 0 Å². The van der Waals surface area contributed by atoms with Crippen LogP contribution in [0.3, 0.4) is 0 Å². The number of nitrogens with one attached hydrogen (secondary N) is 1. The Balaban J connectivity index is 2.18. The first-order chi connectivity index (χ1) is 9.67. The van der Waals surface area contributed by atoms with Crippen LogP contribution in [0.5, 0.6) is 0 Å². The molecule has 1 heterocycles. The van der Waals surface area contributed by atoms with Crippen molar-refractivity contribution in [1.82, 2.24) is 4.98 Å². The molecule has 2 rings (SSSR count). The van der Waals surface area contributed by atoms with Crippen LogP contribution in [-0.2, 0) is 6.42 Å². The molecule has 0 atom stereocenters. The van der Waals surface area contributed by atoms with Crippen LogP contribution < -0.4 is 0 Å². The van der Waals surface area contributed by atoms with Crippen LogP contribution in [0.1, 0.15) is 18.4 Å². The Kier molecular flexibility index (Phi) is 5.46. The number of aryl methyl sites for hydroxylation is 1. The van der Waals surface area contributed by atoms with Gasteiger partial charge in [0.05, 0.1) is 5.02 Å². The lowest BCUT2D eigenvalue weighted by Gasteiger charge is -2.02. The summed E-state index contributed by atoms with van der Waals surface area (Å²) in [5.74, 6) is 0. The highest BCUT2D eigenvalue weighted by Crippen LogP contribution is 2.33. The number of aliphatic hydroxyl groups is 1. The van der Waals surface area contributed by atoms with E-state index in [0.717, 1.165) is 38.8 Å². The summed E-state index contributed by atoms with van der Waals surface area (Å²) >= 11 is 9.82. The second-order valence-electron chi connectivity index (χ2n) is 4.59. The zero-order valence-corrected chi connectivity index (χ0v) is 13.5. The van der Waals surface area contributed by atoms with Gasteiger partial charge in [0.1, 0.15) is 0 Å². The zero-order chi connectivity index (χ0) is 14.5. The van der Waals surface area contributed by atoms with E-state index in [4.69, 9.17) is 16.7 Å². The van der Waals surface area contributed by atoms with E-state index in [0.29, 0.717) is 6.42 Å². The van der Waals surface area contributed by atoms with Crippen LogP contribution in [0.15, 0.2) is 47.1 Å². The minimum atomic E-state index is 0.156. The summed E-state index contributed by atoms with van der Waals surface area (Å²) < 4.78 is 0.912. The number of H-pyrrole nitrogens is 1. The Bertz CT molecular complexity index is 645. The van der Waals surface area contributed by atoms with Crippen LogP contribution in [0.4, 0.5) is 0 Å². The Morgan fingerprint density at radius 3 is 2.95 bits per heavy atom. The largest absolute Gasteiger partial charge is 0.396 e. The molecule has 0 unspecified atom stereocenters. The van der Waals surface area contributed by atoms with E-state index in [-0.39, 0.29) is 6.61 Å². The highest BCUT2D eigenvalue weighted by atomic mass is 79.9. The molecule has 0 amide bonds. The third kappa shape index (κ3) is 3.35. The quantitative estimate of drug-likeness (QED) is 0.703. The number of aliphatic hydroxyl groups excluding tert-OH is 1. The number of hydrogen-bond donors (Lipinski definition) is 2. The molecule has 0 saturated carbocycles. The molecule has 0 radical (unpaired) electrons. The molecular weight excluding hydrogens is 338 g/mol. The smallest absolute Gasteiger partial charge is 0.0644 e. The highest BCUT2D eigenvalue weighted by Gasteiger charge is 2.09. The van der Waals surface area contributed by atoms with Gasteiger partial charge in [-0.05, 0) is 52.9 Å². The van der Waals surface area contributed by atoms with Gasteiger partial charge in [-0.25, -0.2) is 0 Å². The van der Waals surface area contributed by atoms with E-state index in [9.17, 15) is 0 Å². The van der Waals surface area contributed by atoms with Gasteiger partial charge in [0.25, 0.3) is 0 Å². The van der Waals surface area contributed by atoms with Gasteiger partial charge in [-0.3, -0.25) is 0 Å². The molecule has 2 nitrogen and oxygen atoms in total. The van der Waals surface area contributed by atoms with E-state index >= 15 is 0 Å². The van der Waals surface area contributed by atoms with Crippen LogP contribution >= 0.6 is 27.5 Å². The Morgan fingerprint density at radius 1 is 1.45 bits per heavy atom. The van der Waals surface area contributed by atoms with Crippen molar-refractivity contribution in [3.8, 4) is 0 Å². The molecule has 0 aliphatic heterocycles. The number of halogens is 2. The summed E-state index contributed by atoms with van der Waals surface area (Å²) in [5, 5.41) is 10.8. The fourth-order valence-electron chi connectivity index (χ4n) is 2.25. The third-order valence-corrected chi connectivity index (χ3v) is 4.58. The van der Waals surface area contributed by atoms with E-state index < -0.39 is 0 Å². The summed E-state index contributed by atoms with van der Waals surface area (Å²) in [4.78, 5) is 3.25. The maximum absolute atomic E-state index is 8.94. The molecule has 1 aromatic carbocycles. The molecule has 0 aliphatic rings. The molecule has 106 valence electrons. The van der Waals surface area contributed by atoms with Crippen molar-refractivity contribution < 1.29 is 5.11 Å². The average Bonchev–Trinajstić information content (AvgIpc) is 2.86. The van der Waals surface area contributed by atoms with E-state index in [1.807, 2.05) is 18.3 Å². The second-order valence-corrected chi connectivity index (χ2v) is 5.83. The molecule has 0 aliphatic carbocycles. The van der Waals surface area contributed by atoms with Gasteiger partial charge < -0.3 is 10.1 Å². The van der Waals surface area contributed by atoms with Gasteiger partial charge in [-0.2, -0.15) is 0 Å². The number of aromatic amines is 1. The molecule has 0 saturated heterocycles. The summed E-state index contributed by atoms with van der Waals surface area (Å²) in [6.45, 7) is 3.91. The van der Waals surface area contributed by atoms with Gasteiger partial charge in [-0.15, -0.1) is 0 Å². The predicted octanol–water partition coefficient (Wildman–Crippen LogP) is 5.01. The standard InChI is InChI=1S/C16H17BrClNO/c1-2-11(8-9-20)4-3-5-12-10-19-14-7-6-13(17)16(18)15(12)14/h2,4,6-7,10,19-20H,1,3,5,8-9H2. The monoisotopic (exact) mass is 353 g/mol. The minimum Gasteiger partial charge on any atom is -0.396 e. The normalized spacial score (nSPS) is 12.1. The molecule has 2 N–H and O–H groups in total. The van der Waals surface area contributed by atoms with Crippen LogP contribution in [0.2, 0.25) is 5.02 Å². The van der Waals surface area contributed by atoms with Gasteiger partial charge in [0.2, 0.25) is 0 Å². The van der Waals surface area contributed by atoms with Gasteiger partial charge >= 0.3 is 0 Å². The summed E-state index contributed by atoms with van der Waals surface area (Å²) in [5.41, 5.74) is 3.34. The molecule has 0 spiro atoms. The fourth-order valence-corrected chi connectivity index (χ4v) is 2.87. The lowest BCUT2D eigenvalue weighted by molar-refractivity contribution is 0.300. The topological polar surface area (TPSA) is 36.0 Å². The number of fused-ring (bicyclic) bond motifs is 1. The molecular formula is C16H17BrClNO. The fraction of sp³-hybridized carbons (Fsp3) is 0.250. The predicted molar refractivity (Wildman–Crippen MR) is 89.3 cm³/mol. The van der Waals surface area contributed by atoms with Crippen molar-refractivity contribution in [2.45, 2.75) is 19.3 Å². The van der Waals surface area contributed by atoms with Crippen LogP contribution in [-0.4, -0.2) is 16.7 Å². The Labute approximate surface area is 132 Å². The zero-order valence-electron chi connectivity index (χ0n) is 11.1. The molecule has 0 bridgehead atoms. The van der Waals surface area contributed by atoms with E-state index in [1.165, 1.54) is 5.56 Å². The molecule has 1 aromatic heterocycles. The first-order valence-corrected chi connectivity index (χ1v) is 7.70. The molecule has 2 aromatic rings. The van der Waals surface area contributed by atoms with Crippen LogP contribution in [0.25, 0.3) is 10.9 Å². The molecule has 0 fully saturated rings. The number of allylic oxidation sites excluding steroid dienone is 2. The number of aromatic nitrogens is 1. The SMILES string of the molecule is C=CC(=CCCc1c[nH]c2ccc(Br)c(Cl)c12)CCO. The lowest BCUT2D eigenvalue weighted by atomic mass is 10.1. The lowest BCUT2D eigenvalue weighted by Crippen LogP contribution is -1.87. The minimum absolute atomic E-state index is 0.156. The first-order valence-electron chi connectivity index (χ1n) is 6.53. The van der Waals surface area contributed by atoms with Crippen molar-refractivity contribution in [2.75, 3.05) is 6.61 Å². The number of benzene rings is 1. The number of rotatable bonds is 6. The summed E-state index contributed by atoms with van der Waals surface area (Å²) in [7, 11) is 0. The number of hydrogen-bond acceptors (Lipinski definition) is 1. The molecule has 4 heteroatoms. The van der Waals surface area contributed by atoms with Crippen LogP contribution in [0, 0.1) is 0 Å². The summed E-state index contributed by atoms with van der Waals surface area (Å²) in [6, 6.07) is 3.97. The molecule has 20 heavy (non-hydrogen) atoms. The third-order valence-electron chi connectivity index (χ3n) is 3.30. The van der Waals surface area contributed by atoms with E-state index in [1.54, 1.807) is 6.08 Å². The first kappa shape index (κ1) is 15.4. The van der Waals surface area contributed by atoms with Crippen molar-refractivity contribution in [3.05, 3.63) is 57.7 Å². The average molecular weight is 355 g/mol. The van der Waals surface area contributed by atoms with Crippen molar-refractivity contribution >= 4 is 38.4 Å². The maximum Gasteiger partial charge on any atom is 0.0644 e. The summed E-state index contributed by atoms with van der Waals surface area (Å²) in [6.07, 6.45) is 8.39. The van der Waals surface area contributed by atoms with Gasteiger partial charge in [0, 0.05) is 28.2 Å². The van der Waals surface area contributed by atoms with Crippen molar-refractivity contribution in [2.24, 2.45) is 0 Å². The Hall–Kier alpha value is -1.03. The van der Waals surface area contributed by atoms with E-state index in [2.05, 4.69) is 33.6 Å². The van der Waals surface area contributed by atoms with Crippen molar-refractivity contribution in [3.63, 3.8) is 0 Å². The Morgan fingerprint density at radius 2 is 2.25 bits per heavy atom. The van der Waals surface area contributed by atoms with Gasteiger partial charge in [-0.1, -0.05) is 35.9 Å². The maximum atomic E-state index is 8.94. The second kappa shape index (κ2) is 7.11. The van der Waals surface area contributed by atoms with Crippen molar-refractivity contribution in [1.29, 1.82) is 0 Å².